The third-order valence-corrected chi connectivity index (χ3v) is 12.2. The van der Waals surface area contributed by atoms with E-state index in [0.29, 0.717) is 5.92 Å². The van der Waals surface area contributed by atoms with Crippen LogP contribution in [-0.4, -0.2) is 6.71 Å². The number of rotatable bonds is 8. The van der Waals surface area contributed by atoms with Crippen LogP contribution in [-0.2, 0) is 0 Å². The van der Waals surface area contributed by atoms with Crippen LogP contribution in [0.4, 0.5) is 62.6 Å². The Morgan fingerprint density at radius 2 is 0.850 bits per heavy atom. The first-order valence-corrected chi connectivity index (χ1v) is 21.0. The maximum Gasteiger partial charge on any atom is 0.247 e. The van der Waals surface area contributed by atoms with Gasteiger partial charge in [-0.2, -0.15) is 0 Å². The number of hydrogen-bond donors (Lipinski definition) is 0. The number of hydrogen-bond acceptors (Lipinski definition) is 4. The summed E-state index contributed by atoms with van der Waals surface area (Å²) in [7, 11) is 0. The average molecular weight is 771 g/mol. The molecule has 5 heteroatoms. The van der Waals surface area contributed by atoms with Gasteiger partial charge in [-0.1, -0.05) is 134 Å². The molecule has 8 aromatic carbocycles. The van der Waals surface area contributed by atoms with Crippen molar-refractivity contribution in [3.8, 4) is 0 Å². The van der Waals surface area contributed by atoms with E-state index in [0.717, 1.165) is 51.9 Å². The minimum Gasteiger partial charge on any atom is -0.312 e. The van der Waals surface area contributed by atoms with E-state index in [2.05, 4.69) is 251 Å². The van der Waals surface area contributed by atoms with Crippen LogP contribution in [0.15, 0.2) is 236 Å². The van der Waals surface area contributed by atoms with Gasteiger partial charge in [-0.3, -0.25) is 0 Å². The normalized spacial score (nSPS) is 14.9. The summed E-state index contributed by atoms with van der Waals surface area (Å²) in [4.78, 5) is 9.84. The Morgan fingerprint density at radius 1 is 0.433 bits per heavy atom. The second-order valence-electron chi connectivity index (χ2n) is 15.8. The zero-order valence-electron chi connectivity index (χ0n) is 33.5. The third kappa shape index (κ3) is 6.01. The van der Waals surface area contributed by atoms with Crippen molar-refractivity contribution in [1.29, 1.82) is 0 Å². The van der Waals surface area contributed by atoms with Crippen LogP contribution in [0.3, 0.4) is 0 Å². The molecule has 8 aromatic rings. The van der Waals surface area contributed by atoms with Gasteiger partial charge in [0.1, 0.15) is 0 Å². The predicted molar refractivity (Wildman–Crippen MR) is 254 cm³/mol. The number of benzene rings is 8. The zero-order chi connectivity index (χ0) is 40.0. The largest absolute Gasteiger partial charge is 0.312 e. The molecule has 0 N–H and O–H groups in total. The van der Waals surface area contributed by atoms with Gasteiger partial charge in [0.25, 0.3) is 0 Å². The summed E-state index contributed by atoms with van der Waals surface area (Å²) in [6.07, 6.45) is 5.76. The topological polar surface area (TPSA) is 13.0 Å². The lowest BCUT2D eigenvalue weighted by Gasteiger charge is -2.47. The van der Waals surface area contributed by atoms with Crippen LogP contribution in [0, 0.1) is 5.92 Å². The summed E-state index contributed by atoms with van der Waals surface area (Å²) in [6, 6.07) is 76.9. The summed E-state index contributed by atoms with van der Waals surface area (Å²) in [5.41, 5.74) is 17.8. The van der Waals surface area contributed by atoms with Crippen LogP contribution >= 0.6 is 0 Å². The molecule has 0 spiro atoms. The van der Waals surface area contributed by atoms with Crippen molar-refractivity contribution in [2.24, 2.45) is 5.92 Å². The number of allylic oxidation sites excluding steroid dienone is 3. The standard InChI is InChI=1S/C55H43BN4/c1-40-21-20-34-50-54(40)56-49-36-35-47(57(41-22-8-2-9-23-41)42-24-10-3-11-25-42)37-51(49)60(46-32-18-7-19-33-46)53-39-48(38-52(55(53)56)59(50)45-30-16-6-17-31-45)58(43-26-12-4-13-27-43)44-28-14-5-15-29-44/h2-20,22-40H,21H2,1H3. The number of nitrogens with zero attached hydrogens (tertiary/aromatic N) is 4. The smallest absolute Gasteiger partial charge is 0.247 e. The van der Waals surface area contributed by atoms with E-state index in [1.165, 1.54) is 39.2 Å². The summed E-state index contributed by atoms with van der Waals surface area (Å²) >= 11 is 0. The molecule has 0 saturated carbocycles. The van der Waals surface area contributed by atoms with Gasteiger partial charge in [-0.05, 0) is 126 Å². The molecule has 2 aliphatic heterocycles. The maximum absolute atomic E-state index is 2.53. The molecule has 60 heavy (non-hydrogen) atoms. The lowest BCUT2D eigenvalue weighted by molar-refractivity contribution is 0.705. The van der Waals surface area contributed by atoms with E-state index >= 15 is 0 Å². The number of fused-ring (bicyclic) bond motifs is 3. The van der Waals surface area contributed by atoms with E-state index < -0.39 is 0 Å². The molecule has 0 aromatic heterocycles. The first kappa shape index (κ1) is 35.7. The molecule has 0 amide bonds. The minimum absolute atomic E-state index is 0.0479. The van der Waals surface area contributed by atoms with Crippen molar-refractivity contribution in [3.05, 3.63) is 236 Å². The first-order chi connectivity index (χ1) is 29.7. The first-order valence-electron chi connectivity index (χ1n) is 21.0. The third-order valence-electron chi connectivity index (χ3n) is 12.2. The lowest BCUT2D eigenvalue weighted by Crippen LogP contribution is -2.57. The molecular formula is C55H43BN4. The molecule has 1 atom stereocenters. The summed E-state index contributed by atoms with van der Waals surface area (Å²) in [6.45, 7) is 2.46. The van der Waals surface area contributed by atoms with Gasteiger partial charge in [0, 0.05) is 62.6 Å². The average Bonchev–Trinajstić information content (AvgIpc) is 3.31. The second-order valence-corrected chi connectivity index (χ2v) is 15.8. The monoisotopic (exact) mass is 770 g/mol. The summed E-state index contributed by atoms with van der Waals surface area (Å²) in [5, 5.41) is 0. The number of anilines is 11. The van der Waals surface area contributed by atoms with Crippen molar-refractivity contribution in [3.63, 3.8) is 0 Å². The Hall–Kier alpha value is -7.50. The van der Waals surface area contributed by atoms with Crippen molar-refractivity contribution in [2.45, 2.75) is 13.3 Å². The fraction of sp³-hybridized carbons (Fsp3) is 0.0545. The van der Waals surface area contributed by atoms with Gasteiger partial charge in [-0.15, -0.1) is 0 Å². The van der Waals surface area contributed by atoms with Gasteiger partial charge in [-0.25, -0.2) is 0 Å². The van der Waals surface area contributed by atoms with Gasteiger partial charge >= 0.3 is 0 Å². The highest BCUT2D eigenvalue weighted by Gasteiger charge is 2.46. The molecule has 11 rings (SSSR count). The zero-order valence-corrected chi connectivity index (χ0v) is 33.5. The molecule has 3 aliphatic rings. The molecular weight excluding hydrogens is 727 g/mol. The Bertz CT molecular complexity index is 2790. The van der Waals surface area contributed by atoms with Crippen LogP contribution in [0.1, 0.15) is 13.3 Å². The quantitative estimate of drug-likeness (QED) is 0.143. The minimum atomic E-state index is 0.0479. The summed E-state index contributed by atoms with van der Waals surface area (Å²) < 4.78 is 0. The van der Waals surface area contributed by atoms with E-state index in [1.807, 2.05) is 0 Å². The molecule has 0 fully saturated rings. The molecule has 4 nitrogen and oxygen atoms in total. The van der Waals surface area contributed by atoms with Crippen molar-refractivity contribution in [2.75, 3.05) is 19.6 Å². The van der Waals surface area contributed by atoms with Crippen molar-refractivity contribution in [1.82, 2.24) is 0 Å². The highest BCUT2D eigenvalue weighted by Crippen LogP contribution is 2.51. The fourth-order valence-corrected chi connectivity index (χ4v) is 9.66. The molecule has 1 unspecified atom stereocenters. The molecule has 286 valence electrons. The highest BCUT2D eigenvalue weighted by atomic mass is 15.2. The van der Waals surface area contributed by atoms with E-state index in [-0.39, 0.29) is 6.71 Å². The molecule has 1 aliphatic carbocycles. The van der Waals surface area contributed by atoms with Crippen LogP contribution in [0.25, 0.3) is 0 Å². The Kier molecular flexibility index (Phi) is 8.93. The van der Waals surface area contributed by atoms with E-state index in [1.54, 1.807) is 0 Å². The second kappa shape index (κ2) is 15.0. The van der Waals surface area contributed by atoms with Gasteiger partial charge < -0.3 is 19.6 Å². The Labute approximate surface area is 353 Å². The highest BCUT2D eigenvalue weighted by molar-refractivity contribution is 6.95. The number of para-hydroxylation sites is 6. The molecule has 0 radical (unpaired) electrons. The van der Waals surface area contributed by atoms with Crippen LogP contribution in [0.2, 0.25) is 0 Å². The van der Waals surface area contributed by atoms with Crippen LogP contribution in [0.5, 0.6) is 0 Å². The van der Waals surface area contributed by atoms with Gasteiger partial charge in [0.05, 0.1) is 5.69 Å². The summed E-state index contributed by atoms with van der Waals surface area (Å²) in [5.74, 6) is 0.341. The van der Waals surface area contributed by atoms with Crippen LogP contribution < -0.4 is 30.5 Å². The van der Waals surface area contributed by atoms with Crippen molar-refractivity contribution < 1.29 is 0 Å². The SMILES string of the molecule is CC1CC=CC2=C1B1c3ccc(N(c4ccccc4)c4ccccc4)cc3N(c3ccccc3)c3cc(N(c4ccccc4)c4ccccc4)cc(c31)N2c1ccccc1. The van der Waals surface area contributed by atoms with E-state index in [9.17, 15) is 0 Å². The predicted octanol–water partition coefficient (Wildman–Crippen LogP) is 13.6. The molecule has 0 bridgehead atoms. The van der Waals surface area contributed by atoms with E-state index in [4.69, 9.17) is 0 Å². The van der Waals surface area contributed by atoms with Crippen molar-refractivity contribution >= 4 is 80.2 Å². The fourth-order valence-electron chi connectivity index (χ4n) is 9.66. The maximum atomic E-state index is 2.53. The molecule has 2 heterocycles. The lowest BCUT2D eigenvalue weighted by atomic mass is 9.31. The molecule has 0 saturated heterocycles. The Balaban J connectivity index is 1.24. The van der Waals surface area contributed by atoms with Gasteiger partial charge in [0.2, 0.25) is 6.71 Å². The Morgan fingerprint density at radius 3 is 1.35 bits per heavy atom. The van der Waals surface area contributed by atoms with Gasteiger partial charge in [0.15, 0.2) is 0 Å².